The number of ether oxygens (including phenoxy) is 2. The van der Waals surface area contributed by atoms with Crippen molar-refractivity contribution in [3.05, 3.63) is 0 Å². The molecule has 0 aliphatic heterocycles. The van der Waals surface area contributed by atoms with Gasteiger partial charge in [-0.25, -0.2) is 0 Å². The summed E-state index contributed by atoms with van der Waals surface area (Å²) in [5, 5.41) is 0. The summed E-state index contributed by atoms with van der Waals surface area (Å²) < 4.78 is 11.4. The summed E-state index contributed by atoms with van der Waals surface area (Å²) in [7, 11) is 0. The van der Waals surface area contributed by atoms with E-state index in [9.17, 15) is 0 Å². The first-order chi connectivity index (χ1) is 7.77. The largest absolute Gasteiger partial charge is 0.379 e. The molecule has 2 atom stereocenters. The van der Waals surface area contributed by atoms with Crippen LogP contribution in [0.25, 0.3) is 0 Å². The van der Waals surface area contributed by atoms with Gasteiger partial charge < -0.3 is 9.47 Å². The maximum atomic E-state index is 5.81. The zero-order valence-electron chi connectivity index (χ0n) is 9.34. The molecule has 0 aromatic carbocycles. The molecule has 1 aliphatic rings. The van der Waals surface area contributed by atoms with Crippen LogP contribution in [0.3, 0.4) is 0 Å². The number of rotatable bonds is 9. The Morgan fingerprint density at radius 3 is 2.44 bits per heavy atom. The minimum Gasteiger partial charge on any atom is -0.379 e. The Morgan fingerprint density at radius 1 is 1.19 bits per heavy atom. The van der Waals surface area contributed by atoms with Crippen LogP contribution < -0.4 is 0 Å². The molecule has 0 saturated heterocycles. The maximum absolute atomic E-state index is 5.81. The summed E-state index contributed by atoms with van der Waals surface area (Å²) in [4.78, 5) is 0. The molecule has 1 aliphatic carbocycles. The van der Waals surface area contributed by atoms with E-state index in [0.29, 0.717) is 25.0 Å². The molecule has 2 nitrogen and oxygen atoms in total. The average molecular weight is 381 g/mol. The Bertz CT molecular complexity index is 179. The average Bonchev–Trinajstić information content (AvgIpc) is 2.25. The fourth-order valence-electron chi connectivity index (χ4n) is 1.51. The molecule has 96 valence electrons. The van der Waals surface area contributed by atoms with Crippen LogP contribution in [-0.4, -0.2) is 41.6 Å². The highest BCUT2D eigenvalue weighted by Gasteiger charge is 2.18. The minimum atomic E-state index is 0.0343. The van der Waals surface area contributed by atoms with Crippen molar-refractivity contribution in [2.24, 2.45) is 5.92 Å². The predicted octanol–water partition coefficient (Wildman–Crippen LogP) is 3.47. The lowest BCUT2D eigenvalue weighted by Crippen LogP contribution is -2.29. The van der Waals surface area contributed by atoms with Crippen molar-refractivity contribution in [1.29, 1.82) is 0 Å². The van der Waals surface area contributed by atoms with Gasteiger partial charge in [0.1, 0.15) is 0 Å². The van der Waals surface area contributed by atoms with Gasteiger partial charge in [-0.05, 0) is 18.8 Å². The molecule has 1 saturated carbocycles. The molecule has 0 N–H and O–H groups in total. The van der Waals surface area contributed by atoms with Crippen molar-refractivity contribution >= 4 is 45.8 Å². The summed E-state index contributed by atoms with van der Waals surface area (Å²) in [5.74, 6) is 1.85. The molecule has 0 amide bonds. The van der Waals surface area contributed by atoms with Crippen molar-refractivity contribution in [3.63, 3.8) is 0 Å². The Morgan fingerprint density at radius 2 is 1.94 bits per heavy atom. The fraction of sp³-hybridized carbons (Fsp3) is 1.00. The molecule has 0 aromatic heterocycles. The number of alkyl halides is 3. The molecule has 0 spiro atoms. The smallest absolute Gasteiger partial charge is 0.0840 e. The molecule has 2 unspecified atom stereocenters. The van der Waals surface area contributed by atoms with E-state index in [-0.39, 0.29) is 10.0 Å². The lowest BCUT2D eigenvalue weighted by molar-refractivity contribution is -0.00115. The van der Waals surface area contributed by atoms with E-state index >= 15 is 0 Å². The monoisotopic (exact) mass is 380 g/mol. The van der Waals surface area contributed by atoms with Crippen molar-refractivity contribution in [1.82, 2.24) is 0 Å². The van der Waals surface area contributed by atoms with Gasteiger partial charge in [0.15, 0.2) is 0 Å². The van der Waals surface area contributed by atoms with Crippen LogP contribution in [0.2, 0.25) is 0 Å². The minimum absolute atomic E-state index is 0.0343. The quantitative estimate of drug-likeness (QED) is 0.346. The van der Waals surface area contributed by atoms with Crippen LogP contribution in [-0.2, 0) is 9.47 Å². The van der Waals surface area contributed by atoms with E-state index in [4.69, 9.17) is 32.7 Å². The zero-order valence-corrected chi connectivity index (χ0v) is 13.0. The Hall–Kier alpha value is 1.23. The van der Waals surface area contributed by atoms with Crippen molar-refractivity contribution in [3.8, 4) is 0 Å². The summed E-state index contributed by atoms with van der Waals surface area (Å²) in [6, 6.07) is 0. The predicted molar refractivity (Wildman–Crippen MR) is 77.1 cm³/mol. The first-order valence-electron chi connectivity index (χ1n) is 5.73. The Labute approximate surface area is 121 Å². The van der Waals surface area contributed by atoms with E-state index in [0.717, 1.165) is 12.5 Å². The Kier molecular flexibility index (Phi) is 8.79. The highest BCUT2D eigenvalue weighted by atomic mass is 127. The van der Waals surface area contributed by atoms with Crippen LogP contribution >= 0.6 is 45.8 Å². The van der Waals surface area contributed by atoms with Gasteiger partial charge in [0.05, 0.1) is 23.2 Å². The normalized spacial score (nSPS) is 20.4. The third-order valence-electron chi connectivity index (χ3n) is 2.84. The molecule has 1 rings (SSSR count). The first-order valence-corrected chi connectivity index (χ1v) is 8.04. The molecule has 0 bridgehead atoms. The summed E-state index contributed by atoms with van der Waals surface area (Å²) in [6.07, 6.45) is 4.05. The van der Waals surface area contributed by atoms with E-state index in [1.807, 2.05) is 0 Å². The second kappa shape index (κ2) is 9.20. The molecule has 0 radical (unpaired) electrons. The second-order valence-corrected chi connectivity index (χ2v) is 6.32. The van der Waals surface area contributed by atoms with Crippen molar-refractivity contribution in [2.45, 2.75) is 29.3 Å². The molecular weight excluding hydrogens is 362 g/mol. The van der Waals surface area contributed by atoms with Crippen LogP contribution in [0.4, 0.5) is 0 Å². The van der Waals surface area contributed by atoms with Gasteiger partial charge in [0.2, 0.25) is 0 Å². The number of hydrogen-bond acceptors (Lipinski definition) is 2. The van der Waals surface area contributed by atoms with Crippen LogP contribution in [0.15, 0.2) is 0 Å². The molecule has 1 fully saturated rings. The van der Waals surface area contributed by atoms with Crippen LogP contribution in [0.1, 0.15) is 19.3 Å². The number of halogens is 3. The zero-order chi connectivity index (χ0) is 11.8. The highest BCUT2D eigenvalue weighted by molar-refractivity contribution is 14.1. The molecule has 0 aromatic rings. The van der Waals surface area contributed by atoms with Gasteiger partial charge in [-0.15, -0.1) is 23.2 Å². The van der Waals surface area contributed by atoms with Gasteiger partial charge in [-0.1, -0.05) is 29.0 Å². The van der Waals surface area contributed by atoms with E-state index in [1.54, 1.807) is 0 Å². The first kappa shape index (κ1) is 15.3. The summed E-state index contributed by atoms with van der Waals surface area (Å²) in [6.45, 7) is 2.16. The summed E-state index contributed by atoms with van der Waals surface area (Å²) in [5.41, 5.74) is 0. The standard InChI is InChI=1S/C11H19Cl2IO2/c12-6-10(14)11(7-13)16-5-4-15-8-9-2-1-3-9/h9-11H,1-8H2. The SMILES string of the molecule is ClCC(I)C(CCl)OCCOCC1CCC1. The van der Waals surface area contributed by atoms with Crippen LogP contribution in [0.5, 0.6) is 0 Å². The second-order valence-electron chi connectivity index (χ2n) is 4.11. The lowest BCUT2D eigenvalue weighted by Gasteiger charge is -2.25. The van der Waals surface area contributed by atoms with Crippen LogP contribution in [0, 0.1) is 5.92 Å². The molecule has 5 heteroatoms. The van der Waals surface area contributed by atoms with Crippen molar-refractivity contribution < 1.29 is 9.47 Å². The van der Waals surface area contributed by atoms with Crippen molar-refractivity contribution in [2.75, 3.05) is 31.6 Å². The van der Waals surface area contributed by atoms with E-state index in [2.05, 4.69) is 22.6 Å². The van der Waals surface area contributed by atoms with Gasteiger partial charge in [0, 0.05) is 18.4 Å². The maximum Gasteiger partial charge on any atom is 0.0840 e. The fourth-order valence-corrected chi connectivity index (χ4v) is 2.78. The third-order valence-corrected chi connectivity index (χ3v) is 5.24. The van der Waals surface area contributed by atoms with Gasteiger partial charge >= 0.3 is 0 Å². The van der Waals surface area contributed by atoms with Gasteiger partial charge in [-0.3, -0.25) is 0 Å². The molecule has 0 heterocycles. The third kappa shape index (κ3) is 5.71. The van der Waals surface area contributed by atoms with E-state index in [1.165, 1.54) is 19.3 Å². The highest BCUT2D eigenvalue weighted by Crippen LogP contribution is 2.26. The summed E-state index contributed by atoms with van der Waals surface area (Å²) >= 11 is 13.8. The molecular formula is C11H19Cl2IO2. The number of hydrogen-bond donors (Lipinski definition) is 0. The Balaban J connectivity index is 1.95. The van der Waals surface area contributed by atoms with Gasteiger partial charge in [-0.2, -0.15) is 0 Å². The topological polar surface area (TPSA) is 18.5 Å². The lowest BCUT2D eigenvalue weighted by atomic mass is 9.86. The molecule has 16 heavy (non-hydrogen) atoms. The van der Waals surface area contributed by atoms with Gasteiger partial charge in [0.25, 0.3) is 0 Å². The van der Waals surface area contributed by atoms with E-state index < -0.39 is 0 Å².